The molecule has 0 fully saturated rings. The number of amides is 1. The highest BCUT2D eigenvalue weighted by Gasteiger charge is 2.28. The van der Waals surface area contributed by atoms with Crippen LogP contribution in [0.4, 0.5) is 18.9 Å². The molecule has 0 aliphatic heterocycles. The Hall–Kier alpha value is -3.36. The zero-order valence-corrected chi connectivity index (χ0v) is 13.2. The summed E-state index contributed by atoms with van der Waals surface area (Å²) in [7, 11) is 0. The van der Waals surface area contributed by atoms with Gasteiger partial charge in [-0.25, -0.2) is 0 Å². The number of pyridine rings is 1. The van der Waals surface area contributed by atoms with Crippen LogP contribution >= 0.6 is 0 Å². The lowest BCUT2D eigenvalue weighted by molar-refractivity contribution is -0.115. The molecule has 0 saturated carbocycles. The quantitative estimate of drug-likeness (QED) is 0.606. The molecule has 0 bridgehead atoms. The van der Waals surface area contributed by atoms with Crippen LogP contribution in [0, 0.1) is 5.41 Å². The third-order valence-corrected chi connectivity index (χ3v) is 3.66. The second-order valence-corrected chi connectivity index (χ2v) is 5.47. The van der Waals surface area contributed by atoms with E-state index >= 15 is 0 Å². The first-order valence-electron chi connectivity index (χ1n) is 7.42. The Kier molecular flexibility index (Phi) is 4.37. The minimum Gasteiger partial charge on any atom is -0.464 e. The van der Waals surface area contributed by atoms with Gasteiger partial charge in [0.25, 0.3) is 5.91 Å². The molecule has 26 heavy (non-hydrogen) atoms. The summed E-state index contributed by atoms with van der Waals surface area (Å²) >= 11 is 0. The molecule has 0 aliphatic rings. The zero-order chi connectivity index (χ0) is 18.9. The molecule has 0 aliphatic carbocycles. The monoisotopic (exact) mass is 362 g/mol. The summed E-state index contributed by atoms with van der Waals surface area (Å²) in [4.78, 5) is 15.1. The number of hydrogen-bond donors (Lipinski definition) is 3. The van der Waals surface area contributed by atoms with Gasteiger partial charge in [0.15, 0.2) is 0 Å². The number of furan rings is 1. The van der Waals surface area contributed by atoms with E-state index in [-0.39, 0.29) is 22.7 Å². The van der Waals surface area contributed by atoms with E-state index in [1.54, 1.807) is 24.3 Å². The lowest BCUT2D eigenvalue weighted by Crippen LogP contribution is -2.23. The van der Waals surface area contributed by atoms with Crippen molar-refractivity contribution in [2.24, 2.45) is 5.73 Å². The number of primary amides is 1. The topological polar surface area (TPSA) is 105 Å². The van der Waals surface area contributed by atoms with Gasteiger partial charge in [0.05, 0.1) is 5.71 Å². The van der Waals surface area contributed by atoms with Crippen LogP contribution in [0.15, 0.2) is 47.2 Å². The number of halogens is 3. The Bertz CT molecular complexity index is 995. The fourth-order valence-electron chi connectivity index (χ4n) is 2.45. The fraction of sp³-hybridized carbons (Fsp3) is 0.118. The van der Waals surface area contributed by atoms with Crippen LogP contribution in [0.3, 0.4) is 0 Å². The number of fused-ring (bicyclic) bond motifs is 1. The summed E-state index contributed by atoms with van der Waals surface area (Å²) in [5.41, 5.74) is 5.79. The van der Waals surface area contributed by atoms with E-state index in [4.69, 9.17) is 15.6 Å². The van der Waals surface area contributed by atoms with Gasteiger partial charge in [-0.05, 0) is 12.1 Å². The number of alkyl halides is 3. The molecule has 1 amide bonds. The number of carbonyl (C=O) groups is 1. The molecule has 134 valence electrons. The smallest absolute Gasteiger partial charge is 0.405 e. The van der Waals surface area contributed by atoms with Crippen molar-refractivity contribution >= 4 is 28.3 Å². The molecule has 3 rings (SSSR count). The first-order valence-corrected chi connectivity index (χ1v) is 7.42. The van der Waals surface area contributed by atoms with Gasteiger partial charge in [-0.2, -0.15) is 13.2 Å². The van der Waals surface area contributed by atoms with Crippen molar-refractivity contribution in [3.8, 4) is 0 Å². The number of nitrogens with two attached hydrogens (primary N) is 1. The molecular formula is C17H13F3N4O2. The highest BCUT2D eigenvalue weighted by molar-refractivity contribution is 6.19. The molecule has 6 nitrogen and oxygen atoms in total. The van der Waals surface area contributed by atoms with Gasteiger partial charge < -0.3 is 15.5 Å². The molecule has 2 aromatic heterocycles. The maximum absolute atomic E-state index is 12.6. The fourth-order valence-corrected chi connectivity index (χ4v) is 2.45. The molecule has 3 aromatic rings. The van der Waals surface area contributed by atoms with E-state index in [2.05, 4.69) is 10.3 Å². The van der Waals surface area contributed by atoms with E-state index in [0.29, 0.717) is 16.5 Å². The van der Waals surface area contributed by atoms with Crippen molar-refractivity contribution in [2.75, 3.05) is 11.9 Å². The molecule has 0 saturated heterocycles. The Morgan fingerprint density at radius 3 is 2.69 bits per heavy atom. The van der Waals surface area contributed by atoms with Crippen LogP contribution in [0.5, 0.6) is 0 Å². The minimum absolute atomic E-state index is 0.0681. The summed E-state index contributed by atoms with van der Waals surface area (Å²) in [5.74, 6) is -0.882. The second-order valence-electron chi connectivity index (χ2n) is 5.47. The average molecular weight is 362 g/mol. The summed E-state index contributed by atoms with van der Waals surface area (Å²) in [5, 5.41) is 11.2. The number of rotatable bonds is 5. The molecule has 0 atom stereocenters. The molecule has 0 radical (unpaired) electrons. The lowest BCUT2D eigenvalue weighted by Gasteiger charge is -2.14. The SMILES string of the molecule is N=C(c1cnc(C(N)=O)cc1NCC(F)(F)F)c1coc2ccccc12. The highest BCUT2D eigenvalue weighted by atomic mass is 19.4. The van der Waals surface area contributed by atoms with Crippen LogP contribution in [0.2, 0.25) is 0 Å². The first-order chi connectivity index (χ1) is 12.3. The Labute approximate surface area is 145 Å². The second kappa shape index (κ2) is 6.51. The number of nitrogens with zero attached hydrogens (tertiary/aromatic N) is 1. The molecule has 2 heterocycles. The van der Waals surface area contributed by atoms with Crippen LogP contribution in [-0.4, -0.2) is 29.3 Å². The standard InChI is InChI=1S/C17H13F3N4O2/c18-17(19,20)8-24-12-5-13(16(22)25)23-6-10(12)15(21)11-7-26-14-4-2-1-3-9(11)14/h1-7,21H,8H2,(H2,22,25)(H,23,24). The van der Waals surface area contributed by atoms with Crippen molar-refractivity contribution in [1.82, 2.24) is 4.98 Å². The molecule has 9 heteroatoms. The summed E-state index contributed by atoms with van der Waals surface area (Å²) in [6.45, 7) is -1.33. The summed E-state index contributed by atoms with van der Waals surface area (Å²) < 4.78 is 43.1. The number of carbonyl (C=O) groups excluding carboxylic acids is 1. The van der Waals surface area contributed by atoms with Gasteiger partial charge in [-0.3, -0.25) is 15.2 Å². The molecule has 1 aromatic carbocycles. The number of para-hydroxylation sites is 1. The third-order valence-electron chi connectivity index (χ3n) is 3.66. The Morgan fingerprint density at radius 1 is 1.27 bits per heavy atom. The predicted octanol–water partition coefficient (Wildman–Crippen LogP) is 3.32. The number of hydrogen-bond acceptors (Lipinski definition) is 5. The molecular weight excluding hydrogens is 349 g/mol. The number of anilines is 1. The minimum atomic E-state index is -4.47. The number of benzene rings is 1. The zero-order valence-electron chi connectivity index (χ0n) is 13.2. The largest absolute Gasteiger partial charge is 0.464 e. The van der Waals surface area contributed by atoms with Gasteiger partial charge in [0, 0.05) is 28.4 Å². The normalized spacial score (nSPS) is 11.5. The van der Waals surface area contributed by atoms with Crippen LogP contribution in [0.1, 0.15) is 21.6 Å². The van der Waals surface area contributed by atoms with Crippen molar-refractivity contribution in [1.29, 1.82) is 5.41 Å². The van der Waals surface area contributed by atoms with E-state index in [9.17, 15) is 18.0 Å². The third kappa shape index (κ3) is 3.51. The van der Waals surface area contributed by atoms with Crippen LogP contribution < -0.4 is 11.1 Å². The van der Waals surface area contributed by atoms with Gasteiger partial charge in [0.1, 0.15) is 24.1 Å². The number of aromatic nitrogens is 1. The van der Waals surface area contributed by atoms with Crippen molar-refractivity contribution in [3.05, 3.63) is 59.6 Å². The Morgan fingerprint density at radius 2 is 2.00 bits per heavy atom. The predicted molar refractivity (Wildman–Crippen MR) is 89.4 cm³/mol. The molecule has 0 unspecified atom stereocenters. The molecule has 0 spiro atoms. The first kappa shape index (κ1) is 17.5. The van der Waals surface area contributed by atoms with Gasteiger partial charge in [0.2, 0.25) is 0 Å². The van der Waals surface area contributed by atoms with Crippen molar-refractivity contribution in [2.45, 2.75) is 6.18 Å². The van der Waals surface area contributed by atoms with E-state index in [0.717, 1.165) is 12.3 Å². The van der Waals surface area contributed by atoms with E-state index < -0.39 is 18.6 Å². The lowest BCUT2D eigenvalue weighted by atomic mass is 10.0. The van der Waals surface area contributed by atoms with Gasteiger partial charge in [-0.1, -0.05) is 18.2 Å². The van der Waals surface area contributed by atoms with E-state index in [1.165, 1.54) is 6.26 Å². The van der Waals surface area contributed by atoms with Crippen molar-refractivity contribution < 1.29 is 22.4 Å². The summed E-state index contributed by atoms with van der Waals surface area (Å²) in [6.07, 6.45) is -1.98. The summed E-state index contributed by atoms with van der Waals surface area (Å²) in [6, 6.07) is 8.06. The maximum Gasteiger partial charge on any atom is 0.405 e. The molecule has 4 N–H and O–H groups in total. The van der Waals surface area contributed by atoms with Gasteiger partial charge in [-0.15, -0.1) is 0 Å². The highest BCUT2D eigenvalue weighted by Crippen LogP contribution is 2.27. The average Bonchev–Trinajstić information content (AvgIpc) is 3.02. The van der Waals surface area contributed by atoms with Crippen LogP contribution in [-0.2, 0) is 0 Å². The van der Waals surface area contributed by atoms with Crippen molar-refractivity contribution in [3.63, 3.8) is 0 Å². The maximum atomic E-state index is 12.6. The number of nitrogens with one attached hydrogen (secondary N) is 2. The van der Waals surface area contributed by atoms with E-state index in [1.807, 2.05) is 0 Å². The van der Waals surface area contributed by atoms with Gasteiger partial charge >= 0.3 is 6.18 Å². The van der Waals surface area contributed by atoms with Crippen LogP contribution in [0.25, 0.3) is 11.0 Å². The Balaban J connectivity index is 2.05.